The first-order valence-corrected chi connectivity index (χ1v) is 12.3. The van der Waals surface area contributed by atoms with Crippen molar-refractivity contribution in [2.45, 2.75) is 13.1 Å². The van der Waals surface area contributed by atoms with Gasteiger partial charge in [-0.3, -0.25) is 4.98 Å². The van der Waals surface area contributed by atoms with Crippen LogP contribution in [0.2, 0.25) is 0 Å². The van der Waals surface area contributed by atoms with Gasteiger partial charge in [-0.05, 0) is 30.7 Å². The molecule has 5 rings (SSSR count). The Hall–Kier alpha value is -2.74. The van der Waals surface area contributed by atoms with Crippen LogP contribution in [0.15, 0.2) is 91.1 Å². The summed E-state index contributed by atoms with van der Waals surface area (Å²) in [5.74, 6) is 0. The Morgan fingerprint density at radius 2 is 1.48 bits per heavy atom. The third-order valence-electron chi connectivity index (χ3n) is 5.27. The molecule has 5 aromatic rings. The van der Waals surface area contributed by atoms with Crippen LogP contribution in [0.1, 0.15) is 11.1 Å². The van der Waals surface area contributed by atoms with E-state index in [1.807, 2.05) is 66.9 Å². The molecule has 4 heteroatoms. The van der Waals surface area contributed by atoms with Crippen LogP contribution in [0, 0.1) is 6.92 Å². The highest BCUT2D eigenvalue weighted by molar-refractivity contribution is 7.78. The first kappa shape index (κ1) is 18.3. The van der Waals surface area contributed by atoms with Gasteiger partial charge in [-0.25, -0.2) is 0 Å². The normalized spacial score (nSPS) is 11.9. The lowest BCUT2D eigenvalue weighted by atomic mass is 10.1. The summed E-state index contributed by atoms with van der Waals surface area (Å²) in [7, 11) is -2.80. The zero-order chi connectivity index (χ0) is 19.8. The third-order valence-corrected chi connectivity index (χ3v) is 9.45. The maximum absolute atomic E-state index is 14.3. The molecular formula is C25H20NOPS. The number of aromatic nitrogens is 1. The lowest BCUT2D eigenvalue weighted by Crippen LogP contribution is -2.17. The summed E-state index contributed by atoms with van der Waals surface area (Å²) in [4.78, 5) is 4.77. The van der Waals surface area contributed by atoms with Gasteiger partial charge in [0.2, 0.25) is 0 Å². The second-order valence-electron chi connectivity index (χ2n) is 7.36. The molecule has 0 saturated carbocycles. The predicted molar refractivity (Wildman–Crippen MR) is 125 cm³/mol. The molecular weight excluding hydrogens is 393 g/mol. The minimum atomic E-state index is -2.80. The van der Waals surface area contributed by atoms with Crippen molar-refractivity contribution in [2.24, 2.45) is 0 Å². The first-order valence-electron chi connectivity index (χ1n) is 9.62. The highest BCUT2D eigenvalue weighted by Crippen LogP contribution is 2.47. The maximum atomic E-state index is 14.3. The molecule has 0 saturated heterocycles. The summed E-state index contributed by atoms with van der Waals surface area (Å²) in [5.41, 5.74) is 3.28. The summed E-state index contributed by atoms with van der Waals surface area (Å²) >= 11 is 1.75. The first-order chi connectivity index (χ1) is 14.1. The van der Waals surface area contributed by atoms with Crippen molar-refractivity contribution in [3.05, 3.63) is 102 Å². The fourth-order valence-corrected chi connectivity index (χ4v) is 7.58. The summed E-state index contributed by atoms with van der Waals surface area (Å²) in [5, 5.41) is 2.97. The molecule has 2 heterocycles. The van der Waals surface area contributed by atoms with Crippen molar-refractivity contribution < 1.29 is 4.57 Å². The van der Waals surface area contributed by atoms with Gasteiger partial charge >= 0.3 is 0 Å². The fourth-order valence-electron chi connectivity index (χ4n) is 3.81. The number of nitrogens with zero attached hydrogens (tertiary/aromatic N) is 1. The van der Waals surface area contributed by atoms with Gasteiger partial charge in [0.05, 0.1) is 10.2 Å². The second-order valence-corrected chi connectivity index (χ2v) is 11.3. The summed E-state index contributed by atoms with van der Waals surface area (Å²) in [6, 6.07) is 28.3. The third kappa shape index (κ3) is 3.31. The van der Waals surface area contributed by atoms with Crippen LogP contribution in [0.4, 0.5) is 0 Å². The van der Waals surface area contributed by atoms with Gasteiger partial charge < -0.3 is 4.57 Å². The van der Waals surface area contributed by atoms with Gasteiger partial charge in [-0.2, -0.15) is 0 Å². The molecule has 142 valence electrons. The van der Waals surface area contributed by atoms with Crippen LogP contribution in [0.5, 0.6) is 0 Å². The van der Waals surface area contributed by atoms with Crippen molar-refractivity contribution in [1.29, 1.82) is 0 Å². The van der Waals surface area contributed by atoms with E-state index in [1.54, 1.807) is 11.3 Å². The van der Waals surface area contributed by atoms with E-state index in [9.17, 15) is 4.57 Å². The highest BCUT2D eigenvalue weighted by atomic mass is 32.1. The topological polar surface area (TPSA) is 30.0 Å². The van der Waals surface area contributed by atoms with Crippen LogP contribution in [-0.4, -0.2) is 4.98 Å². The van der Waals surface area contributed by atoms with E-state index in [4.69, 9.17) is 4.98 Å². The van der Waals surface area contributed by atoms with E-state index >= 15 is 0 Å². The van der Waals surface area contributed by atoms with E-state index in [2.05, 4.69) is 31.2 Å². The zero-order valence-electron chi connectivity index (χ0n) is 16.1. The van der Waals surface area contributed by atoms with Crippen molar-refractivity contribution in [2.75, 3.05) is 0 Å². The maximum Gasteiger partial charge on any atom is 0.147 e. The fraction of sp³-hybridized carbons (Fsp3) is 0.0800. The number of aryl methyl sites for hydroxylation is 1. The monoisotopic (exact) mass is 413 g/mol. The van der Waals surface area contributed by atoms with Crippen LogP contribution in [-0.2, 0) is 10.7 Å². The Morgan fingerprint density at radius 1 is 0.828 bits per heavy atom. The van der Waals surface area contributed by atoms with Crippen LogP contribution < -0.4 is 10.6 Å². The molecule has 3 aromatic carbocycles. The Morgan fingerprint density at radius 3 is 2.14 bits per heavy atom. The molecule has 0 aliphatic carbocycles. The summed E-state index contributed by atoms with van der Waals surface area (Å²) in [6.07, 6.45) is 2.37. The number of benzene rings is 3. The van der Waals surface area contributed by atoms with E-state index in [1.165, 1.54) is 15.6 Å². The average Bonchev–Trinajstić information content (AvgIpc) is 3.12. The quantitative estimate of drug-likeness (QED) is 0.325. The standard InChI is InChI=1S/C25H20NOPS/c1-18-12-13-23-22(14-18)25-24(29-23)15-19(16-26-25)17-28(27,20-8-4-2-5-9-20)21-10-6-3-7-11-21/h2-16H,17H2,1H3. The van der Waals surface area contributed by atoms with Gasteiger partial charge in [-0.1, -0.05) is 72.3 Å². The molecule has 0 unspecified atom stereocenters. The predicted octanol–water partition coefficient (Wildman–Crippen LogP) is 6.27. The molecule has 0 atom stereocenters. The van der Waals surface area contributed by atoms with Gasteiger partial charge in [0.25, 0.3) is 0 Å². The molecule has 29 heavy (non-hydrogen) atoms. The minimum Gasteiger partial charge on any atom is -0.313 e. The average molecular weight is 413 g/mol. The second kappa shape index (κ2) is 7.26. The van der Waals surface area contributed by atoms with Gasteiger partial charge in [-0.15, -0.1) is 11.3 Å². The van der Waals surface area contributed by atoms with Crippen molar-refractivity contribution in [3.63, 3.8) is 0 Å². The van der Waals surface area contributed by atoms with E-state index in [0.717, 1.165) is 26.4 Å². The Labute approximate surface area is 174 Å². The van der Waals surface area contributed by atoms with E-state index < -0.39 is 7.14 Å². The lowest BCUT2D eigenvalue weighted by Gasteiger charge is -2.19. The molecule has 0 aliphatic rings. The van der Waals surface area contributed by atoms with Crippen molar-refractivity contribution in [1.82, 2.24) is 4.98 Å². The molecule has 0 amide bonds. The molecule has 0 N–H and O–H groups in total. The van der Waals surface area contributed by atoms with Gasteiger partial charge in [0.15, 0.2) is 0 Å². The molecule has 0 spiro atoms. The molecule has 0 bridgehead atoms. The zero-order valence-corrected chi connectivity index (χ0v) is 17.8. The van der Waals surface area contributed by atoms with Crippen molar-refractivity contribution in [3.8, 4) is 0 Å². The van der Waals surface area contributed by atoms with Crippen molar-refractivity contribution >= 4 is 49.4 Å². The number of pyridine rings is 1. The molecule has 0 aliphatic heterocycles. The molecule has 2 aromatic heterocycles. The molecule has 0 radical (unpaired) electrons. The Bertz CT molecular complexity index is 1320. The Kier molecular flexibility index (Phi) is 4.58. The highest BCUT2D eigenvalue weighted by Gasteiger charge is 2.27. The van der Waals surface area contributed by atoms with Crippen LogP contribution in [0.3, 0.4) is 0 Å². The van der Waals surface area contributed by atoms with E-state index in [0.29, 0.717) is 6.16 Å². The Balaban J connectivity index is 1.63. The van der Waals surface area contributed by atoms with Crippen LogP contribution in [0.25, 0.3) is 20.3 Å². The van der Waals surface area contributed by atoms with Crippen LogP contribution >= 0.6 is 18.5 Å². The molecule has 2 nitrogen and oxygen atoms in total. The van der Waals surface area contributed by atoms with Gasteiger partial charge in [0, 0.05) is 33.1 Å². The lowest BCUT2D eigenvalue weighted by molar-refractivity contribution is 0.586. The number of thiophene rings is 1. The number of hydrogen-bond acceptors (Lipinski definition) is 3. The van der Waals surface area contributed by atoms with Gasteiger partial charge in [0.1, 0.15) is 7.14 Å². The largest absolute Gasteiger partial charge is 0.313 e. The summed E-state index contributed by atoms with van der Waals surface area (Å²) < 4.78 is 16.7. The molecule has 0 fully saturated rings. The number of hydrogen-bond donors (Lipinski definition) is 0. The smallest absolute Gasteiger partial charge is 0.147 e. The summed E-state index contributed by atoms with van der Waals surface area (Å²) in [6.45, 7) is 2.10. The number of fused-ring (bicyclic) bond motifs is 3. The minimum absolute atomic E-state index is 0.469. The SMILES string of the molecule is Cc1ccc2sc3cc(CP(=O)(c4ccccc4)c4ccccc4)cnc3c2c1. The number of rotatable bonds is 4. The van der Waals surface area contributed by atoms with E-state index in [-0.39, 0.29) is 0 Å².